The number of hydrogen-bond donors (Lipinski definition) is 1. The zero-order chi connectivity index (χ0) is 18.9. The zero-order valence-electron chi connectivity index (χ0n) is 15.5. The number of aromatic nitrogens is 1. The van der Waals surface area contributed by atoms with Gasteiger partial charge < -0.3 is 10.1 Å². The number of anilines is 1. The van der Waals surface area contributed by atoms with Crippen molar-refractivity contribution in [2.75, 3.05) is 5.32 Å². The number of ether oxygens (including phenoxy) is 1. The summed E-state index contributed by atoms with van der Waals surface area (Å²) in [5.41, 5.74) is 3.66. The van der Waals surface area contributed by atoms with E-state index in [0.29, 0.717) is 5.69 Å². The molecule has 1 aliphatic heterocycles. The Labute approximate surface area is 158 Å². The number of carbonyl (C=O) groups excluding carboxylic acids is 1. The third-order valence-electron chi connectivity index (χ3n) is 4.75. The van der Waals surface area contributed by atoms with E-state index in [2.05, 4.69) is 30.2 Å². The molecule has 1 aromatic heterocycles. The van der Waals surface area contributed by atoms with Gasteiger partial charge in [0.1, 0.15) is 11.4 Å². The Balaban J connectivity index is 1.45. The Kier molecular flexibility index (Phi) is 4.40. The van der Waals surface area contributed by atoms with Gasteiger partial charge in [-0.15, -0.1) is 0 Å². The minimum atomic E-state index is -0.179. The summed E-state index contributed by atoms with van der Waals surface area (Å²) >= 11 is 0. The highest BCUT2D eigenvalue weighted by Gasteiger charge is 2.26. The van der Waals surface area contributed by atoms with Crippen LogP contribution in [0.4, 0.5) is 5.69 Å². The van der Waals surface area contributed by atoms with Gasteiger partial charge in [-0.1, -0.05) is 24.3 Å². The van der Waals surface area contributed by atoms with E-state index in [-0.39, 0.29) is 11.5 Å². The van der Waals surface area contributed by atoms with E-state index in [4.69, 9.17) is 4.74 Å². The zero-order valence-corrected chi connectivity index (χ0v) is 15.5. The van der Waals surface area contributed by atoms with Gasteiger partial charge >= 0.3 is 0 Å². The lowest BCUT2D eigenvalue weighted by Gasteiger charge is -2.32. The normalized spacial score (nSPS) is 15.3. The van der Waals surface area contributed by atoms with Crippen molar-refractivity contribution in [3.05, 3.63) is 71.9 Å². The van der Waals surface area contributed by atoms with E-state index in [1.165, 1.54) is 5.56 Å². The molecule has 0 bridgehead atoms. The average molecular weight is 358 g/mol. The van der Waals surface area contributed by atoms with Crippen molar-refractivity contribution in [1.29, 1.82) is 0 Å². The first kappa shape index (κ1) is 17.3. The third-order valence-corrected chi connectivity index (χ3v) is 4.75. The van der Waals surface area contributed by atoms with E-state index in [0.717, 1.165) is 35.1 Å². The van der Waals surface area contributed by atoms with Crippen molar-refractivity contribution in [3.63, 3.8) is 0 Å². The quantitative estimate of drug-likeness (QED) is 0.671. The highest BCUT2D eigenvalue weighted by Crippen LogP contribution is 2.33. The third kappa shape index (κ3) is 4.00. The Morgan fingerprint density at radius 3 is 2.93 bits per heavy atom. The van der Waals surface area contributed by atoms with Gasteiger partial charge in [-0.2, -0.15) is 0 Å². The second-order valence-electron chi connectivity index (χ2n) is 7.47. The van der Waals surface area contributed by atoms with Crippen LogP contribution in [-0.4, -0.2) is 16.5 Å². The van der Waals surface area contributed by atoms with Crippen molar-refractivity contribution in [3.8, 4) is 5.75 Å². The van der Waals surface area contributed by atoms with Crippen LogP contribution in [0.1, 0.15) is 31.4 Å². The number of benzene rings is 2. The number of nitrogens with one attached hydrogen (secondary N) is 1. The molecule has 0 unspecified atom stereocenters. The summed E-state index contributed by atoms with van der Waals surface area (Å²) in [7, 11) is 0. The van der Waals surface area contributed by atoms with Crippen LogP contribution in [0.5, 0.6) is 5.75 Å². The molecule has 2 aromatic carbocycles. The highest BCUT2D eigenvalue weighted by molar-refractivity contribution is 6.02. The van der Waals surface area contributed by atoms with Crippen molar-refractivity contribution in [1.82, 2.24) is 4.98 Å². The molecule has 0 atom stereocenters. The molecule has 0 aliphatic carbocycles. The van der Waals surface area contributed by atoms with Crippen LogP contribution in [0, 0.1) is 0 Å². The smallest absolute Gasteiger partial charge is 0.248 e. The summed E-state index contributed by atoms with van der Waals surface area (Å²) in [6, 6.07) is 15.8. The maximum absolute atomic E-state index is 12.2. The van der Waals surface area contributed by atoms with E-state index in [1.54, 1.807) is 12.3 Å². The van der Waals surface area contributed by atoms with Crippen molar-refractivity contribution < 1.29 is 9.53 Å². The average Bonchev–Trinajstić information content (AvgIpc) is 2.65. The maximum atomic E-state index is 12.2. The lowest BCUT2D eigenvalue weighted by molar-refractivity contribution is -0.111. The second kappa shape index (κ2) is 6.88. The fourth-order valence-electron chi connectivity index (χ4n) is 3.28. The topological polar surface area (TPSA) is 51.2 Å². The van der Waals surface area contributed by atoms with Gasteiger partial charge in [-0.3, -0.25) is 9.78 Å². The number of carbonyl (C=O) groups is 1. The molecule has 0 radical (unpaired) electrons. The van der Waals surface area contributed by atoms with Gasteiger partial charge in [0.15, 0.2) is 0 Å². The Morgan fingerprint density at radius 2 is 2.04 bits per heavy atom. The molecule has 3 aromatic rings. The molecule has 4 nitrogen and oxygen atoms in total. The second-order valence-corrected chi connectivity index (χ2v) is 7.47. The molecule has 0 saturated heterocycles. The first-order chi connectivity index (χ1) is 13.0. The Morgan fingerprint density at radius 1 is 1.19 bits per heavy atom. The first-order valence-corrected chi connectivity index (χ1v) is 9.14. The lowest BCUT2D eigenvalue weighted by Crippen LogP contribution is -2.32. The van der Waals surface area contributed by atoms with Crippen molar-refractivity contribution in [2.45, 2.75) is 32.3 Å². The predicted molar refractivity (Wildman–Crippen MR) is 109 cm³/mol. The summed E-state index contributed by atoms with van der Waals surface area (Å²) in [6.07, 6.45) is 7.02. The number of pyridine rings is 1. The van der Waals surface area contributed by atoms with Crippen molar-refractivity contribution in [2.24, 2.45) is 0 Å². The van der Waals surface area contributed by atoms with Gasteiger partial charge in [-0.05, 0) is 68.2 Å². The molecule has 0 saturated carbocycles. The van der Waals surface area contributed by atoms with Gasteiger partial charge in [-0.25, -0.2) is 0 Å². The van der Waals surface area contributed by atoms with Gasteiger partial charge in [0.25, 0.3) is 0 Å². The molecule has 4 heteroatoms. The summed E-state index contributed by atoms with van der Waals surface area (Å²) in [5, 5.41) is 3.86. The predicted octanol–water partition coefficient (Wildman–Crippen LogP) is 4.99. The van der Waals surface area contributed by atoms with E-state index < -0.39 is 0 Å². The monoisotopic (exact) mass is 358 g/mol. The summed E-state index contributed by atoms with van der Waals surface area (Å²) in [6.45, 7) is 4.21. The molecule has 1 amide bonds. The number of aryl methyl sites for hydroxylation is 1. The number of fused-ring (bicyclic) bond motifs is 2. The number of hydrogen-bond acceptors (Lipinski definition) is 3. The number of amides is 1. The minimum Gasteiger partial charge on any atom is -0.488 e. The van der Waals surface area contributed by atoms with Crippen LogP contribution in [0.3, 0.4) is 0 Å². The van der Waals surface area contributed by atoms with Crippen LogP contribution < -0.4 is 10.1 Å². The molecule has 1 aliphatic rings. The highest BCUT2D eigenvalue weighted by atomic mass is 16.5. The number of nitrogens with zero attached hydrogens (tertiary/aromatic N) is 1. The van der Waals surface area contributed by atoms with Crippen LogP contribution in [0.2, 0.25) is 0 Å². The fourth-order valence-corrected chi connectivity index (χ4v) is 3.28. The SMILES string of the molecule is CC1(C)CCc2cc(C=CC(=O)Nc3cnc4ccccc4c3)ccc2O1. The van der Waals surface area contributed by atoms with E-state index in [9.17, 15) is 4.79 Å². The Hall–Kier alpha value is -3.14. The first-order valence-electron chi connectivity index (χ1n) is 9.14. The molecule has 1 N–H and O–H groups in total. The molecular weight excluding hydrogens is 336 g/mol. The number of para-hydroxylation sites is 1. The van der Waals surface area contributed by atoms with Crippen LogP contribution in [0.25, 0.3) is 17.0 Å². The Bertz CT molecular complexity index is 1040. The molecule has 27 heavy (non-hydrogen) atoms. The van der Waals surface area contributed by atoms with Crippen LogP contribution in [0.15, 0.2) is 60.8 Å². The molecule has 136 valence electrons. The van der Waals surface area contributed by atoms with Crippen LogP contribution >= 0.6 is 0 Å². The molecule has 2 heterocycles. The summed E-state index contributed by atoms with van der Waals surface area (Å²) < 4.78 is 6.00. The van der Waals surface area contributed by atoms with E-state index >= 15 is 0 Å². The lowest BCUT2D eigenvalue weighted by atomic mass is 9.93. The fraction of sp³-hybridized carbons (Fsp3) is 0.217. The van der Waals surface area contributed by atoms with Crippen LogP contribution in [-0.2, 0) is 11.2 Å². The molecule has 0 spiro atoms. The van der Waals surface area contributed by atoms with Gasteiger partial charge in [0, 0.05) is 11.5 Å². The minimum absolute atomic E-state index is 0.113. The largest absolute Gasteiger partial charge is 0.488 e. The molecular formula is C23H22N2O2. The van der Waals surface area contributed by atoms with Gasteiger partial charge in [0.05, 0.1) is 17.4 Å². The summed E-state index contributed by atoms with van der Waals surface area (Å²) in [4.78, 5) is 16.6. The standard InChI is InChI=1S/C23H22N2O2/c1-23(2)12-11-18-13-16(7-9-21(18)27-23)8-10-22(26)25-19-14-17-5-3-4-6-20(17)24-15-19/h3-10,13-15H,11-12H2,1-2H3,(H,25,26). The molecule has 0 fully saturated rings. The van der Waals surface area contributed by atoms with E-state index in [1.807, 2.05) is 48.5 Å². The number of rotatable bonds is 3. The van der Waals surface area contributed by atoms with Crippen molar-refractivity contribution >= 4 is 28.6 Å². The van der Waals surface area contributed by atoms with Gasteiger partial charge in [0.2, 0.25) is 5.91 Å². The summed E-state index contributed by atoms with van der Waals surface area (Å²) in [5.74, 6) is 0.761. The maximum Gasteiger partial charge on any atom is 0.248 e. The molecule has 4 rings (SSSR count).